The standard InChI is InChI=1S/C6H7N3O/c7-6(10)5-2-1-3-9(8)4-5/h1-4H,8H2,(H-,7,10)/p+1. The first kappa shape index (κ1) is 6.54. The Morgan fingerprint density at radius 2 is 2.30 bits per heavy atom. The minimum absolute atomic E-state index is 0.407. The number of amides is 1. The minimum atomic E-state index is -0.472. The topological polar surface area (TPSA) is 73.0 Å². The highest BCUT2D eigenvalue weighted by molar-refractivity contribution is 5.92. The van der Waals surface area contributed by atoms with E-state index in [2.05, 4.69) is 0 Å². The average molecular weight is 138 g/mol. The lowest BCUT2D eigenvalue weighted by Gasteiger charge is -1.89. The number of nitrogen functional groups attached to an aromatic ring is 1. The summed E-state index contributed by atoms with van der Waals surface area (Å²) < 4.78 is 1.28. The van der Waals surface area contributed by atoms with E-state index in [-0.39, 0.29) is 0 Å². The molecule has 1 aromatic heterocycles. The second kappa shape index (κ2) is 2.34. The molecule has 0 atom stereocenters. The van der Waals surface area contributed by atoms with Crippen molar-refractivity contribution in [3.05, 3.63) is 30.1 Å². The second-order valence-electron chi connectivity index (χ2n) is 1.90. The van der Waals surface area contributed by atoms with Gasteiger partial charge in [-0.15, -0.1) is 0 Å². The van der Waals surface area contributed by atoms with Gasteiger partial charge in [0.15, 0.2) is 6.20 Å². The summed E-state index contributed by atoms with van der Waals surface area (Å²) in [4.78, 5) is 10.5. The van der Waals surface area contributed by atoms with Gasteiger partial charge in [0.05, 0.1) is 0 Å². The van der Waals surface area contributed by atoms with Crippen molar-refractivity contribution >= 4 is 5.91 Å². The van der Waals surface area contributed by atoms with E-state index in [1.165, 1.54) is 10.9 Å². The lowest BCUT2D eigenvalue weighted by molar-refractivity contribution is -0.639. The third kappa shape index (κ3) is 1.22. The molecule has 10 heavy (non-hydrogen) atoms. The maximum Gasteiger partial charge on any atom is 0.254 e. The van der Waals surface area contributed by atoms with Crippen LogP contribution in [0.15, 0.2) is 24.5 Å². The summed E-state index contributed by atoms with van der Waals surface area (Å²) in [6.07, 6.45) is 3.08. The zero-order valence-corrected chi connectivity index (χ0v) is 5.32. The monoisotopic (exact) mass is 138 g/mol. The van der Waals surface area contributed by atoms with Gasteiger partial charge in [0.2, 0.25) is 6.20 Å². The Morgan fingerprint density at radius 3 is 2.70 bits per heavy atom. The first-order valence-corrected chi connectivity index (χ1v) is 2.76. The van der Waals surface area contributed by atoms with Gasteiger partial charge >= 0.3 is 0 Å². The van der Waals surface area contributed by atoms with Crippen molar-refractivity contribution in [2.75, 3.05) is 5.84 Å². The van der Waals surface area contributed by atoms with Crippen LogP contribution in [0.4, 0.5) is 0 Å². The number of carbonyl (C=O) groups is 1. The maximum atomic E-state index is 10.5. The third-order valence-corrected chi connectivity index (χ3v) is 1.11. The molecule has 0 aliphatic rings. The third-order valence-electron chi connectivity index (χ3n) is 1.11. The van der Waals surface area contributed by atoms with E-state index < -0.39 is 5.91 Å². The molecule has 0 bridgehead atoms. The fraction of sp³-hybridized carbons (Fsp3) is 0. The highest BCUT2D eigenvalue weighted by Gasteiger charge is 2.02. The van der Waals surface area contributed by atoms with E-state index in [1.54, 1.807) is 18.3 Å². The Balaban J connectivity index is 3.07. The molecule has 1 aromatic rings. The number of pyridine rings is 1. The van der Waals surface area contributed by atoms with Crippen molar-refractivity contribution in [1.29, 1.82) is 0 Å². The average Bonchev–Trinajstić information content (AvgIpc) is 1.88. The van der Waals surface area contributed by atoms with Gasteiger partial charge in [0.1, 0.15) is 5.56 Å². The highest BCUT2D eigenvalue weighted by atomic mass is 16.1. The summed E-state index contributed by atoms with van der Waals surface area (Å²) >= 11 is 0. The number of hydrogen-bond acceptors (Lipinski definition) is 2. The predicted molar refractivity (Wildman–Crippen MR) is 35.3 cm³/mol. The Labute approximate surface area is 58.0 Å². The predicted octanol–water partition coefficient (Wildman–Crippen LogP) is -1.21. The SMILES string of the molecule is NC(=O)c1ccc[n+](N)c1. The molecule has 0 spiro atoms. The number of carbonyl (C=O) groups excluding carboxylic acids is 1. The number of nitrogens with two attached hydrogens (primary N) is 2. The molecule has 0 saturated heterocycles. The summed E-state index contributed by atoms with van der Waals surface area (Å²) in [7, 11) is 0. The van der Waals surface area contributed by atoms with Crippen molar-refractivity contribution in [2.45, 2.75) is 0 Å². The van der Waals surface area contributed by atoms with Gasteiger partial charge in [-0.2, -0.15) is 0 Å². The fourth-order valence-corrected chi connectivity index (χ4v) is 0.639. The van der Waals surface area contributed by atoms with Gasteiger partial charge in [-0.3, -0.25) is 4.79 Å². The van der Waals surface area contributed by atoms with Gasteiger partial charge in [0.25, 0.3) is 5.91 Å². The van der Waals surface area contributed by atoms with Gasteiger partial charge in [-0.05, 0) is 6.07 Å². The number of nitrogens with zero attached hydrogens (tertiary/aromatic N) is 1. The van der Waals surface area contributed by atoms with Crippen LogP contribution in [-0.4, -0.2) is 5.91 Å². The van der Waals surface area contributed by atoms with Gasteiger partial charge in [-0.25, -0.2) is 5.84 Å². The van der Waals surface area contributed by atoms with Crippen molar-refractivity contribution in [3.8, 4) is 0 Å². The maximum absolute atomic E-state index is 10.5. The summed E-state index contributed by atoms with van der Waals surface area (Å²) in [5, 5.41) is 0. The molecule has 4 N–H and O–H groups in total. The van der Waals surface area contributed by atoms with Crippen LogP contribution >= 0.6 is 0 Å². The van der Waals surface area contributed by atoms with Crippen LogP contribution < -0.4 is 16.3 Å². The van der Waals surface area contributed by atoms with Crippen LogP contribution in [0.5, 0.6) is 0 Å². The Morgan fingerprint density at radius 1 is 1.60 bits per heavy atom. The van der Waals surface area contributed by atoms with E-state index >= 15 is 0 Å². The molecule has 0 aromatic carbocycles. The molecule has 1 amide bonds. The molecule has 0 unspecified atom stereocenters. The van der Waals surface area contributed by atoms with E-state index in [0.29, 0.717) is 5.56 Å². The molecule has 4 nitrogen and oxygen atoms in total. The van der Waals surface area contributed by atoms with Crippen molar-refractivity contribution in [3.63, 3.8) is 0 Å². The first-order chi connectivity index (χ1) is 4.70. The summed E-state index contributed by atoms with van der Waals surface area (Å²) in [5.74, 6) is 4.83. The Bertz CT molecular complexity index is 259. The lowest BCUT2D eigenvalue weighted by atomic mass is 10.3. The van der Waals surface area contributed by atoms with Crippen LogP contribution in [0.3, 0.4) is 0 Å². The Kier molecular flexibility index (Phi) is 1.53. The summed E-state index contributed by atoms with van der Waals surface area (Å²) in [5.41, 5.74) is 5.38. The number of primary amides is 1. The van der Waals surface area contributed by atoms with Crippen LogP contribution in [-0.2, 0) is 0 Å². The number of rotatable bonds is 1. The van der Waals surface area contributed by atoms with Crippen molar-refractivity contribution in [2.24, 2.45) is 5.73 Å². The van der Waals surface area contributed by atoms with Crippen molar-refractivity contribution in [1.82, 2.24) is 0 Å². The first-order valence-electron chi connectivity index (χ1n) is 2.76. The zero-order chi connectivity index (χ0) is 7.56. The van der Waals surface area contributed by atoms with Crippen LogP contribution in [0.1, 0.15) is 10.4 Å². The Hall–Kier alpha value is -1.58. The van der Waals surface area contributed by atoms with Gasteiger partial charge in [-0.1, -0.05) is 4.68 Å². The van der Waals surface area contributed by atoms with E-state index in [4.69, 9.17) is 11.6 Å². The normalized spacial score (nSPS) is 9.20. The van der Waals surface area contributed by atoms with E-state index in [0.717, 1.165) is 0 Å². The summed E-state index contributed by atoms with van der Waals surface area (Å²) in [6, 6.07) is 3.26. The van der Waals surface area contributed by atoms with E-state index in [9.17, 15) is 4.79 Å². The molecule has 0 fully saturated rings. The molecule has 4 heteroatoms. The van der Waals surface area contributed by atoms with Crippen molar-refractivity contribution < 1.29 is 9.47 Å². The zero-order valence-electron chi connectivity index (χ0n) is 5.32. The van der Waals surface area contributed by atoms with Crippen LogP contribution in [0.25, 0.3) is 0 Å². The quantitative estimate of drug-likeness (QED) is 0.377. The van der Waals surface area contributed by atoms with Gasteiger partial charge < -0.3 is 5.73 Å². The molecule has 0 aliphatic carbocycles. The molecular weight excluding hydrogens is 130 g/mol. The minimum Gasteiger partial charge on any atom is -0.365 e. The second-order valence-corrected chi connectivity index (χ2v) is 1.90. The molecule has 0 aliphatic heterocycles. The molecule has 0 radical (unpaired) electrons. The van der Waals surface area contributed by atoms with E-state index in [1.807, 2.05) is 0 Å². The molecule has 0 saturated carbocycles. The van der Waals surface area contributed by atoms with Gasteiger partial charge in [0, 0.05) is 6.07 Å². The molecule has 52 valence electrons. The largest absolute Gasteiger partial charge is 0.365 e. The van der Waals surface area contributed by atoms with Crippen LogP contribution in [0.2, 0.25) is 0 Å². The highest BCUT2D eigenvalue weighted by Crippen LogP contribution is 1.89. The molecule has 1 heterocycles. The number of hydrogen-bond donors (Lipinski definition) is 2. The van der Waals surface area contributed by atoms with Crippen LogP contribution in [0, 0.1) is 0 Å². The fourth-order valence-electron chi connectivity index (χ4n) is 0.639. The lowest BCUT2D eigenvalue weighted by Crippen LogP contribution is -2.44. The molecular formula is C6H8N3O+. The smallest absolute Gasteiger partial charge is 0.254 e. The number of aromatic nitrogens is 1. The summed E-state index contributed by atoms with van der Waals surface area (Å²) in [6.45, 7) is 0. The molecule has 1 rings (SSSR count).